The Labute approximate surface area is 119 Å². The van der Waals surface area contributed by atoms with Gasteiger partial charge in [0.1, 0.15) is 11.9 Å². The number of aromatic nitrogens is 2. The molecular formula is C16H23N3O. The zero-order valence-corrected chi connectivity index (χ0v) is 12.2. The minimum atomic E-state index is -0.553. The second-order valence-corrected chi connectivity index (χ2v) is 6.29. The van der Waals surface area contributed by atoms with Crippen LogP contribution < -0.4 is 5.73 Å². The van der Waals surface area contributed by atoms with Gasteiger partial charge in [0.2, 0.25) is 0 Å². The Morgan fingerprint density at radius 3 is 2.90 bits per heavy atom. The number of anilines is 1. The third-order valence-corrected chi connectivity index (χ3v) is 4.42. The normalized spacial score (nSPS) is 24.4. The van der Waals surface area contributed by atoms with Crippen LogP contribution in [0.1, 0.15) is 45.0 Å². The van der Waals surface area contributed by atoms with Gasteiger partial charge in [-0.25, -0.2) is 4.98 Å². The molecule has 0 aliphatic heterocycles. The van der Waals surface area contributed by atoms with Gasteiger partial charge in [-0.05, 0) is 49.8 Å². The molecule has 0 saturated heterocycles. The number of fused-ring (bicyclic) bond motifs is 1. The summed E-state index contributed by atoms with van der Waals surface area (Å²) < 4.78 is 2.18. The third-order valence-electron chi connectivity index (χ3n) is 4.42. The van der Waals surface area contributed by atoms with Gasteiger partial charge in [-0.1, -0.05) is 13.3 Å². The lowest BCUT2D eigenvalue weighted by Gasteiger charge is -2.15. The number of nitrogen functional groups attached to an aromatic ring is 1. The smallest absolute Gasteiger partial charge is 0.138 e. The van der Waals surface area contributed by atoms with Crippen LogP contribution in [0.25, 0.3) is 11.0 Å². The molecule has 2 aromatic rings. The summed E-state index contributed by atoms with van der Waals surface area (Å²) in [6.45, 7) is 5.05. The first-order valence-electron chi connectivity index (χ1n) is 7.48. The van der Waals surface area contributed by atoms with E-state index < -0.39 is 6.10 Å². The molecule has 3 atom stereocenters. The van der Waals surface area contributed by atoms with Gasteiger partial charge < -0.3 is 15.4 Å². The van der Waals surface area contributed by atoms with Crippen LogP contribution in [0.5, 0.6) is 0 Å². The van der Waals surface area contributed by atoms with Crippen molar-refractivity contribution in [3.8, 4) is 0 Å². The molecule has 4 nitrogen and oxygen atoms in total. The van der Waals surface area contributed by atoms with Crippen molar-refractivity contribution in [3.63, 3.8) is 0 Å². The minimum Gasteiger partial charge on any atom is -0.399 e. The molecule has 20 heavy (non-hydrogen) atoms. The van der Waals surface area contributed by atoms with Crippen molar-refractivity contribution >= 4 is 16.7 Å². The average Bonchev–Trinajstić information content (AvgIpc) is 2.94. The Morgan fingerprint density at radius 2 is 2.25 bits per heavy atom. The zero-order valence-electron chi connectivity index (χ0n) is 12.2. The fourth-order valence-corrected chi connectivity index (χ4v) is 3.43. The Bertz CT molecular complexity index is 617. The standard InChI is InChI=1S/C16H23N3O/c1-10-3-4-12(7-10)9-19-15-6-5-13(17)8-14(15)18-16(19)11(2)20/h5-6,8,10-12,20H,3-4,7,9,17H2,1-2H3. The number of hydrogen-bond acceptors (Lipinski definition) is 3. The molecule has 0 spiro atoms. The van der Waals surface area contributed by atoms with Crippen molar-refractivity contribution in [2.24, 2.45) is 11.8 Å². The van der Waals surface area contributed by atoms with Crippen LogP contribution in [0, 0.1) is 11.8 Å². The van der Waals surface area contributed by atoms with Crippen LogP contribution in [0.2, 0.25) is 0 Å². The highest BCUT2D eigenvalue weighted by atomic mass is 16.3. The second-order valence-electron chi connectivity index (χ2n) is 6.29. The van der Waals surface area contributed by atoms with E-state index in [1.807, 2.05) is 18.2 Å². The van der Waals surface area contributed by atoms with Crippen LogP contribution in [-0.4, -0.2) is 14.7 Å². The van der Waals surface area contributed by atoms with Crippen molar-refractivity contribution in [2.75, 3.05) is 5.73 Å². The van der Waals surface area contributed by atoms with Crippen LogP contribution in [-0.2, 0) is 6.54 Å². The predicted molar refractivity (Wildman–Crippen MR) is 81.3 cm³/mol. The van der Waals surface area contributed by atoms with E-state index >= 15 is 0 Å². The largest absolute Gasteiger partial charge is 0.399 e. The number of nitrogens with two attached hydrogens (primary N) is 1. The Balaban J connectivity index is 2.00. The van der Waals surface area contributed by atoms with Gasteiger partial charge in [0.25, 0.3) is 0 Å². The quantitative estimate of drug-likeness (QED) is 0.845. The van der Waals surface area contributed by atoms with Crippen molar-refractivity contribution in [1.82, 2.24) is 9.55 Å². The summed E-state index contributed by atoms with van der Waals surface area (Å²) in [5, 5.41) is 9.99. The number of nitrogens with zero attached hydrogens (tertiary/aromatic N) is 2. The maximum Gasteiger partial charge on any atom is 0.138 e. The van der Waals surface area contributed by atoms with Gasteiger partial charge in [-0.3, -0.25) is 0 Å². The summed E-state index contributed by atoms with van der Waals surface area (Å²) >= 11 is 0. The summed E-state index contributed by atoms with van der Waals surface area (Å²) in [6.07, 6.45) is 3.31. The van der Waals surface area contributed by atoms with Gasteiger partial charge in [0.05, 0.1) is 11.0 Å². The van der Waals surface area contributed by atoms with Gasteiger partial charge >= 0.3 is 0 Å². The topological polar surface area (TPSA) is 64.1 Å². The molecular weight excluding hydrogens is 250 g/mol. The van der Waals surface area contributed by atoms with E-state index in [-0.39, 0.29) is 0 Å². The van der Waals surface area contributed by atoms with Gasteiger partial charge in [-0.2, -0.15) is 0 Å². The van der Waals surface area contributed by atoms with Crippen LogP contribution in [0.3, 0.4) is 0 Å². The van der Waals surface area contributed by atoms with Gasteiger partial charge in [0, 0.05) is 12.2 Å². The number of rotatable bonds is 3. The number of aliphatic hydroxyl groups excluding tert-OH is 1. The summed E-state index contributed by atoms with van der Waals surface area (Å²) in [5.74, 6) is 2.27. The monoisotopic (exact) mass is 273 g/mol. The molecule has 1 aliphatic rings. The van der Waals surface area contributed by atoms with Crippen molar-refractivity contribution in [3.05, 3.63) is 24.0 Å². The number of imidazole rings is 1. The maximum atomic E-state index is 9.99. The number of benzene rings is 1. The fraction of sp³-hybridized carbons (Fsp3) is 0.562. The first-order valence-corrected chi connectivity index (χ1v) is 7.48. The molecule has 1 saturated carbocycles. The van der Waals surface area contributed by atoms with E-state index in [1.54, 1.807) is 6.92 Å². The first kappa shape index (κ1) is 13.4. The Hall–Kier alpha value is -1.55. The van der Waals surface area contributed by atoms with E-state index in [1.165, 1.54) is 19.3 Å². The Kier molecular flexibility index (Phi) is 3.42. The molecule has 1 aromatic heterocycles. The van der Waals surface area contributed by atoms with Crippen LogP contribution >= 0.6 is 0 Å². The lowest BCUT2D eigenvalue weighted by atomic mass is 10.1. The molecule has 1 fully saturated rings. The molecule has 4 heteroatoms. The highest BCUT2D eigenvalue weighted by Crippen LogP contribution is 2.33. The highest BCUT2D eigenvalue weighted by Gasteiger charge is 2.24. The summed E-state index contributed by atoms with van der Waals surface area (Å²) in [6, 6.07) is 5.81. The molecule has 3 N–H and O–H groups in total. The molecule has 1 aliphatic carbocycles. The Morgan fingerprint density at radius 1 is 1.45 bits per heavy atom. The summed E-state index contributed by atoms with van der Waals surface area (Å²) in [4.78, 5) is 4.57. The van der Waals surface area contributed by atoms with Crippen LogP contribution in [0.15, 0.2) is 18.2 Å². The molecule has 1 heterocycles. The van der Waals surface area contributed by atoms with E-state index in [4.69, 9.17) is 5.73 Å². The lowest BCUT2D eigenvalue weighted by molar-refractivity contribution is 0.182. The molecule has 0 bridgehead atoms. The van der Waals surface area contributed by atoms with Crippen molar-refractivity contribution in [2.45, 2.75) is 45.8 Å². The van der Waals surface area contributed by atoms with Crippen molar-refractivity contribution in [1.29, 1.82) is 0 Å². The molecule has 0 amide bonds. The fourth-order valence-electron chi connectivity index (χ4n) is 3.43. The molecule has 0 radical (unpaired) electrons. The minimum absolute atomic E-state index is 0.553. The van der Waals surface area contributed by atoms with Gasteiger partial charge in [0.15, 0.2) is 0 Å². The molecule has 3 unspecified atom stereocenters. The summed E-state index contributed by atoms with van der Waals surface area (Å²) in [7, 11) is 0. The SMILES string of the molecule is CC1CCC(Cn2c(C(C)O)nc3cc(N)ccc32)C1. The van der Waals surface area contributed by atoms with Gasteiger partial charge in [-0.15, -0.1) is 0 Å². The summed E-state index contributed by atoms with van der Waals surface area (Å²) in [5.41, 5.74) is 8.51. The maximum absolute atomic E-state index is 9.99. The van der Waals surface area contributed by atoms with E-state index in [0.717, 1.165) is 29.3 Å². The van der Waals surface area contributed by atoms with Crippen molar-refractivity contribution < 1.29 is 5.11 Å². The number of hydrogen-bond donors (Lipinski definition) is 2. The van der Waals surface area contributed by atoms with Crippen LogP contribution in [0.4, 0.5) is 5.69 Å². The third kappa shape index (κ3) is 2.40. The molecule has 1 aromatic carbocycles. The zero-order chi connectivity index (χ0) is 14.3. The van der Waals surface area contributed by atoms with E-state index in [0.29, 0.717) is 11.6 Å². The first-order chi connectivity index (χ1) is 9.54. The molecule has 108 valence electrons. The molecule has 3 rings (SSSR count). The van der Waals surface area contributed by atoms with E-state index in [2.05, 4.69) is 16.5 Å². The predicted octanol–water partition coefficient (Wildman–Crippen LogP) is 3.11. The highest BCUT2D eigenvalue weighted by molar-refractivity contribution is 5.79. The number of aliphatic hydroxyl groups is 1. The van der Waals surface area contributed by atoms with E-state index in [9.17, 15) is 5.11 Å². The lowest BCUT2D eigenvalue weighted by Crippen LogP contribution is -2.12. The second kappa shape index (κ2) is 5.09. The average molecular weight is 273 g/mol.